The molecule has 1 aromatic carbocycles. The van der Waals surface area contributed by atoms with Crippen molar-refractivity contribution < 1.29 is 28.5 Å². The third-order valence-electron chi connectivity index (χ3n) is 6.39. The number of carbonyl (C=O) groups excluding carboxylic acids is 2. The Morgan fingerprint density at radius 2 is 1.97 bits per heavy atom. The van der Waals surface area contributed by atoms with Crippen LogP contribution in [0, 0.1) is 0 Å². The van der Waals surface area contributed by atoms with Crippen molar-refractivity contribution in [3.63, 3.8) is 0 Å². The lowest BCUT2D eigenvalue weighted by atomic mass is 9.92. The molecule has 3 aliphatic rings. The van der Waals surface area contributed by atoms with Crippen LogP contribution in [0.4, 0.5) is 5.69 Å². The average molecular weight is 460 g/mol. The van der Waals surface area contributed by atoms with Crippen molar-refractivity contribution in [3.05, 3.63) is 17.7 Å². The molecule has 0 spiro atoms. The molecule has 0 radical (unpaired) electrons. The molecule has 0 bridgehead atoms. The van der Waals surface area contributed by atoms with Gasteiger partial charge in [0.25, 0.3) is 5.91 Å². The molecule has 0 aliphatic carbocycles. The topological polar surface area (TPSA) is 89.9 Å². The summed E-state index contributed by atoms with van der Waals surface area (Å²) in [6, 6.07) is 3.51. The SMILES string of the molecule is COC(=O)C1N=C(C(=O)N2CCOCC2(C)C)C2CCc3cc(OC)c(OC(C)C)cc3N21. The van der Waals surface area contributed by atoms with Gasteiger partial charge in [-0.1, -0.05) is 0 Å². The number of aliphatic imine (C=N–C) groups is 1. The van der Waals surface area contributed by atoms with Gasteiger partial charge in [0.15, 0.2) is 11.5 Å². The highest BCUT2D eigenvalue weighted by atomic mass is 16.5. The van der Waals surface area contributed by atoms with Gasteiger partial charge < -0.3 is 28.7 Å². The number of fused-ring (bicyclic) bond motifs is 3. The number of aryl methyl sites for hydroxylation is 1. The van der Waals surface area contributed by atoms with Crippen LogP contribution in [0.3, 0.4) is 0 Å². The third kappa shape index (κ3) is 4.14. The lowest BCUT2D eigenvalue weighted by Gasteiger charge is -2.43. The number of morpholine rings is 1. The van der Waals surface area contributed by atoms with E-state index in [0.29, 0.717) is 43.4 Å². The number of benzene rings is 1. The molecule has 9 heteroatoms. The van der Waals surface area contributed by atoms with Crippen LogP contribution in [-0.2, 0) is 25.5 Å². The number of amides is 1. The number of rotatable bonds is 5. The van der Waals surface area contributed by atoms with Crippen molar-refractivity contribution in [1.82, 2.24) is 4.90 Å². The average Bonchev–Trinajstić information content (AvgIpc) is 3.17. The predicted octanol–water partition coefficient (Wildman–Crippen LogP) is 2.19. The summed E-state index contributed by atoms with van der Waals surface area (Å²) in [5, 5.41) is 0. The summed E-state index contributed by atoms with van der Waals surface area (Å²) >= 11 is 0. The molecule has 4 rings (SSSR count). The third-order valence-corrected chi connectivity index (χ3v) is 6.39. The summed E-state index contributed by atoms with van der Waals surface area (Å²) in [7, 11) is 2.95. The van der Waals surface area contributed by atoms with Crippen LogP contribution in [-0.4, -0.2) is 80.3 Å². The Morgan fingerprint density at radius 1 is 1.21 bits per heavy atom. The van der Waals surface area contributed by atoms with E-state index in [1.165, 1.54) is 7.11 Å². The van der Waals surface area contributed by atoms with Gasteiger partial charge >= 0.3 is 5.97 Å². The van der Waals surface area contributed by atoms with Gasteiger partial charge in [0, 0.05) is 18.3 Å². The van der Waals surface area contributed by atoms with E-state index < -0.39 is 17.7 Å². The van der Waals surface area contributed by atoms with Gasteiger partial charge in [0.05, 0.1) is 45.1 Å². The summed E-state index contributed by atoms with van der Waals surface area (Å²) in [5.41, 5.74) is 1.77. The van der Waals surface area contributed by atoms with E-state index in [4.69, 9.17) is 18.9 Å². The molecule has 0 aromatic heterocycles. The largest absolute Gasteiger partial charge is 0.493 e. The number of ether oxygens (including phenoxy) is 4. The number of nitrogens with zero attached hydrogens (tertiary/aromatic N) is 3. The number of carbonyl (C=O) groups is 2. The first-order valence-electron chi connectivity index (χ1n) is 11.4. The molecule has 1 fully saturated rings. The molecular weight excluding hydrogens is 426 g/mol. The molecule has 9 nitrogen and oxygen atoms in total. The Kier molecular flexibility index (Phi) is 6.26. The monoisotopic (exact) mass is 459 g/mol. The van der Waals surface area contributed by atoms with Gasteiger partial charge in [-0.25, -0.2) is 9.79 Å². The fraction of sp³-hybridized carbons (Fsp3) is 0.625. The van der Waals surface area contributed by atoms with Crippen molar-refractivity contribution in [3.8, 4) is 11.5 Å². The fourth-order valence-corrected chi connectivity index (χ4v) is 4.83. The van der Waals surface area contributed by atoms with Gasteiger partial charge in [-0.15, -0.1) is 0 Å². The van der Waals surface area contributed by atoms with Crippen LogP contribution in [0.25, 0.3) is 0 Å². The van der Waals surface area contributed by atoms with Crippen LogP contribution in [0.2, 0.25) is 0 Å². The van der Waals surface area contributed by atoms with Crippen molar-refractivity contribution in [2.24, 2.45) is 4.99 Å². The molecule has 0 N–H and O–H groups in total. The van der Waals surface area contributed by atoms with Crippen LogP contribution in [0.15, 0.2) is 17.1 Å². The van der Waals surface area contributed by atoms with Crippen LogP contribution >= 0.6 is 0 Å². The highest BCUT2D eigenvalue weighted by Gasteiger charge is 2.48. The molecular formula is C24H33N3O6. The van der Waals surface area contributed by atoms with E-state index in [1.54, 1.807) is 7.11 Å². The molecule has 3 heterocycles. The fourth-order valence-electron chi connectivity index (χ4n) is 4.83. The second kappa shape index (κ2) is 8.85. The van der Waals surface area contributed by atoms with Gasteiger partial charge in [0.1, 0.15) is 5.71 Å². The van der Waals surface area contributed by atoms with E-state index in [0.717, 1.165) is 17.7 Å². The first-order chi connectivity index (χ1) is 15.7. The standard InChI is InChI=1S/C24H33N3O6/c1-14(2)33-19-12-17-15(11-18(19)30-5)7-8-16-20(25-21(27(16)17)23(29)31-6)22(28)26-9-10-32-13-24(26,3)4/h11-12,14,16,21H,7-10,13H2,1-6H3. The number of hydrogen-bond acceptors (Lipinski definition) is 8. The van der Waals surface area contributed by atoms with Crippen LogP contribution < -0.4 is 14.4 Å². The molecule has 1 saturated heterocycles. The van der Waals surface area contributed by atoms with E-state index in [9.17, 15) is 9.59 Å². The van der Waals surface area contributed by atoms with Gasteiger partial charge in [-0.05, 0) is 52.2 Å². The molecule has 1 amide bonds. The number of anilines is 1. The summed E-state index contributed by atoms with van der Waals surface area (Å²) in [6.07, 6.45) is 0.399. The van der Waals surface area contributed by atoms with Gasteiger partial charge in [0.2, 0.25) is 6.17 Å². The Morgan fingerprint density at radius 3 is 2.61 bits per heavy atom. The highest BCUT2D eigenvalue weighted by molar-refractivity contribution is 6.42. The molecule has 180 valence electrons. The van der Waals surface area contributed by atoms with Crippen molar-refractivity contribution in [2.75, 3.05) is 38.9 Å². The summed E-state index contributed by atoms with van der Waals surface area (Å²) in [5.74, 6) is 0.575. The second-order valence-corrected chi connectivity index (χ2v) is 9.49. The molecule has 33 heavy (non-hydrogen) atoms. The number of esters is 1. The maximum absolute atomic E-state index is 13.7. The zero-order chi connectivity index (χ0) is 23.9. The van der Waals surface area contributed by atoms with Crippen LogP contribution in [0.5, 0.6) is 11.5 Å². The minimum Gasteiger partial charge on any atom is -0.493 e. The first-order valence-corrected chi connectivity index (χ1v) is 11.4. The highest BCUT2D eigenvalue weighted by Crippen LogP contribution is 2.43. The second-order valence-electron chi connectivity index (χ2n) is 9.49. The molecule has 2 atom stereocenters. The lowest BCUT2D eigenvalue weighted by molar-refractivity contribution is -0.142. The van der Waals surface area contributed by atoms with E-state index >= 15 is 0 Å². The summed E-state index contributed by atoms with van der Waals surface area (Å²) in [4.78, 5) is 34.8. The maximum atomic E-state index is 13.7. The molecule has 3 aliphatic heterocycles. The summed E-state index contributed by atoms with van der Waals surface area (Å²) < 4.78 is 22.2. The predicted molar refractivity (Wildman–Crippen MR) is 123 cm³/mol. The van der Waals surface area contributed by atoms with E-state index in [2.05, 4.69) is 4.99 Å². The van der Waals surface area contributed by atoms with Gasteiger partial charge in [-0.2, -0.15) is 0 Å². The van der Waals surface area contributed by atoms with Crippen molar-refractivity contribution in [1.29, 1.82) is 0 Å². The van der Waals surface area contributed by atoms with Crippen molar-refractivity contribution in [2.45, 2.75) is 64.4 Å². The minimum atomic E-state index is -0.928. The molecule has 1 aromatic rings. The normalized spacial score (nSPS) is 23.5. The lowest BCUT2D eigenvalue weighted by Crippen LogP contribution is -2.59. The Balaban J connectivity index is 1.75. The number of methoxy groups -OCH3 is 2. The summed E-state index contributed by atoms with van der Waals surface area (Å²) in [6.45, 7) is 9.27. The van der Waals surface area contributed by atoms with E-state index in [1.807, 2.05) is 49.6 Å². The maximum Gasteiger partial charge on any atom is 0.351 e. The smallest absolute Gasteiger partial charge is 0.351 e. The molecule has 0 saturated carbocycles. The quantitative estimate of drug-likeness (QED) is 0.624. The van der Waals surface area contributed by atoms with Gasteiger partial charge in [-0.3, -0.25) is 4.79 Å². The van der Waals surface area contributed by atoms with Crippen LogP contribution in [0.1, 0.15) is 39.7 Å². The van der Waals surface area contributed by atoms with Crippen molar-refractivity contribution >= 4 is 23.3 Å². The Bertz CT molecular complexity index is 973. The van der Waals surface area contributed by atoms with E-state index in [-0.39, 0.29) is 18.1 Å². The zero-order valence-electron chi connectivity index (χ0n) is 20.2. The zero-order valence-corrected chi connectivity index (χ0v) is 20.2. The first kappa shape index (κ1) is 23.4. The minimum absolute atomic E-state index is 0.0525. The number of hydrogen-bond donors (Lipinski definition) is 0. The Hall–Kier alpha value is -2.81. The Labute approximate surface area is 194 Å². The molecule has 2 unspecified atom stereocenters.